The summed E-state index contributed by atoms with van der Waals surface area (Å²) in [6.07, 6.45) is 2.95. The molecule has 72 valence electrons. The maximum atomic E-state index is 5.71. The molecule has 1 atom stereocenters. The second kappa shape index (κ2) is 4.97. The smallest absolute Gasteiger partial charge is 0.0447 e. The van der Waals surface area contributed by atoms with Crippen molar-refractivity contribution in [3.8, 4) is 0 Å². The quantitative estimate of drug-likeness (QED) is 0.767. The molecule has 1 heterocycles. The molecular weight excluding hydrogens is 160 g/mol. The lowest BCUT2D eigenvalue weighted by atomic mass is 9.94. The standard InChI is InChI=1S/C11H18N2/c1-9(2)7-10(8-12)11-5-3-4-6-13-11/h3-6,9-10H,7-8,12H2,1-2H3/t10-/m1/s1. The largest absolute Gasteiger partial charge is 0.330 e. The third kappa shape index (κ3) is 3.15. The molecule has 1 aromatic heterocycles. The highest BCUT2D eigenvalue weighted by Gasteiger charge is 2.11. The fourth-order valence-electron chi connectivity index (χ4n) is 1.52. The summed E-state index contributed by atoms with van der Waals surface area (Å²) in [5.41, 5.74) is 6.84. The van der Waals surface area contributed by atoms with Crippen molar-refractivity contribution < 1.29 is 0 Å². The van der Waals surface area contributed by atoms with E-state index < -0.39 is 0 Å². The molecular formula is C11H18N2. The van der Waals surface area contributed by atoms with Crippen molar-refractivity contribution in [3.05, 3.63) is 30.1 Å². The Morgan fingerprint density at radius 1 is 1.38 bits per heavy atom. The summed E-state index contributed by atoms with van der Waals surface area (Å²) in [4.78, 5) is 4.32. The van der Waals surface area contributed by atoms with Crippen molar-refractivity contribution >= 4 is 0 Å². The second-order valence-corrected chi connectivity index (χ2v) is 3.82. The molecule has 0 saturated heterocycles. The molecule has 1 rings (SSSR count). The van der Waals surface area contributed by atoms with Crippen LogP contribution in [0.15, 0.2) is 24.4 Å². The Morgan fingerprint density at radius 2 is 2.15 bits per heavy atom. The number of aromatic nitrogens is 1. The zero-order chi connectivity index (χ0) is 9.68. The predicted octanol–water partition coefficient (Wildman–Crippen LogP) is 2.17. The molecule has 0 amide bonds. The first-order valence-electron chi connectivity index (χ1n) is 4.85. The summed E-state index contributed by atoms with van der Waals surface area (Å²) >= 11 is 0. The van der Waals surface area contributed by atoms with Crippen LogP contribution >= 0.6 is 0 Å². The second-order valence-electron chi connectivity index (χ2n) is 3.82. The first-order chi connectivity index (χ1) is 6.24. The van der Waals surface area contributed by atoms with E-state index in [4.69, 9.17) is 5.73 Å². The molecule has 1 aromatic rings. The molecule has 13 heavy (non-hydrogen) atoms. The molecule has 2 heteroatoms. The van der Waals surface area contributed by atoms with Crippen LogP contribution in [0.4, 0.5) is 0 Å². The fourth-order valence-corrected chi connectivity index (χ4v) is 1.52. The van der Waals surface area contributed by atoms with E-state index in [0.717, 1.165) is 12.1 Å². The minimum atomic E-state index is 0.418. The Bertz CT molecular complexity index is 231. The van der Waals surface area contributed by atoms with Gasteiger partial charge in [0.05, 0.1) is 0 Å². The number of hydrogen-bond donors (Lipinski definition) is 1. The highest BCUT2D eigenvalue weighted by atomic mass is 14.7. The van der Waals surface area contributed by atoms with E-state index >= 15 is 0 Å². The summed E-state index contributed by atoms with van der Waals surface area (Å²) in [5.74, 6) is 1.09. The third-order valence-electron chi connectivity index (χ3n) is 2.15. The summed E-state index contributed by atoms with van der Waals surface area (Å²) < 4.78 is 0. The van der Waals surface area contributed by atoms with Crippen LogP contribution in [0.5, 0.6) is 0 Å². The lowest BCUT2D eigenvalue weighted by Gasteiger charge is -2.15. The molecule has 0 spiro atoms. The summed E-state index contributed by atoms with van der Waals surface area (Å²) in [5, 5.41) is 0. The Labute approximate surface area is 80.2 Å². The van der Waals surface area contributed by atoms with Gasteiger partial charge in [-0.05, 0) is 24.5 Å². The minimum Gasteiger partial charge on any atom is -0.330 e. The molecule has 0 aliphatic heterocycles. The van der Waals surface area contributed by atoms with Crippen molar-refractivity contribution in [3.63, 3.8) is 0 Å². The number of nitrogens with zero attached hydrogens (tertiary/aromatic N) is 1. The zero-order valence-electron chi connectivity index (χ0n) is 8.40. The monoisotopic (exact) mass is 178 g/mol. The maximum absolute atomic E-state index is 5.71. The van der Waals surface area contributed by atoms with Gasteiger partial charge in [0.1, 0.15) is 0 Å². The summed E-state index contributed by atoms with van der Waals surface area (Å²) in [7, 11) is 0. The zero-order valence-corrected chi connectivity index (χ0v) is 8.40. The first-order valence-corrected chi connectivity index (χ1v) is 4.85. The minimum absolute atomic E-state index is 0.418. The SMILES string of the molecule is CC(C)C[C@H](CN)c1ccccn1. The van der Waals surface area contributed by atoms with Crippen LogP contribution in [-0.2, 0) is 0 Å². The van der Waals surface area contributed by atoms with E-state index in [-0.39, 0.29) is 0 Å². The molecule has 0 unspecified atom stereocenters. The van der Waals surface area contributed by atoms with Gasteiger partial charge in [0.2, 0.25) is 0 Å². The van der Waals surface area contributed by atoms with Gasteiger partial charge in [-0.2, -0.15) is 0 Å². The van der Waals surface area contributed by atoms with E-state index in [1.807, 2.05) is 18.3 Å². The van der Waals surface area contributed by atoms with E-state index in [1.165, 1.54) is 0 Å². The number of hydrogen-bond acceptors (Lipinski definition) is 2. The van der Waals surface area contributed by atoms with Gasteiger partial charge in [0.15, 0.2) is 0 Å². The average molecular weight is 178 g/mol. The van der Waals surface area contributed by atoms with Gasteiger partial charge in [-0.15, -0.1) is 0 Å². The molecule has 0 radical (unpaired) electrons. The molecule has 2 N–H and O–H groups in total. The van der Waals surface area contributed by atoms with Gasteiger partial charge in [-0.1, -0.05) is 19.9 Å². The Balaban J connectivity index is 2.67. The normalized spacial score (nSPS) is 13.2. The average Bonchev–Trinajstić information content (AvgIpc) is 2.15. The summed E-state index contributed by atoms with van der Waals surface area (Å²) in [6.45, 7) is 5.12. The van der Waals surface area contributed by atoms with Gasteiger partial charge >= 0.3 is 0 Å². The van der Waals surface area contributed by atoms with Crippen LogP contribution in [0.2, 0.25) is 0 Å². The van der Waals surface area contributed by atoms with Crippen molar-refractivity contribution in [1.29, 1.82) is 0 Å². The molecule has 0 aromatic carbocycles. The van der Waals surface area contributed by atoms with Crippen LogP contribution in [0, 0.1) is 5.92 Å². The Morgan fingerprint density at radius 3 is 2.62 bits per heavy atom. The van der Waals surface area contributed by atoms with E-state index in [1.54, 1.807) is 0 Å². The van der Waals surface area contributed by atoms with Crippen molar-refractivity contribution in [1.82, 2.24) is 4.98 Å². The highest BCUT2D eigenvalue weighted by molar-refractivity contribution is 5.09. The van der Waals surface area contributed by atoms with Crippen LogP contribution in [-0.4, -0.2) is 11.5 Å². The molecule has 0 aliphatic carbocycles. The number of nitrogens with two attached hydrogens (primary N) is 1. The van der Waals surface area contributed by atoms with Gasteiger partial charge in [-0.25, -0.2) is 0 Å². The summed E-state index contributed by atoms with van der Waals surface area (Å²) in [6, 6.07) is 6.01. The van der Waals surface area contributed by atoms with Crippen molar-refractivity contribution in [2.75, 3.05) is 6.54 Å². The van der Waals surface area contributed by atoms with Gasteiger partial charge in [0.25, 0.3) is 0 Å². The molecule has 0 bridgehead atoms. The van der Waals surface area contributed by atoms with E-state index in [0.29, 0.717) is 18.4 Å². The molecule has 0 saturated carbocycles. The molecule has 2 nitrogen and oxygen atoms in total. The number of pyridine rings is 1. The topological polar surface area (TPSA) is 38.9 Å². The predicted molar refractivity (Wildman–Crippen MR) is 55.5 cm³/mol. The fraction of sp³-hybridized carbons (Fsp3) is 0.545. The van der Waals surface area contributed by atoms with E-state index in [2.05, 4.69) is 24.9 Å². The van der Waals surface area contributed by atoms with E-state index in [9.17, 15) is 0 Å². The van der Waals surface area contributed by atoms with Crippen molar-refractivity contribution in [2.24, 2.45) is 11.7 Å². The number of rotatable bonds is 4. The van der Waals surface area contributed by atoms with Crippen LogP contribution in [0.25, 0.3) is 0 Å². The molecule has 0 aliphatic rings. The lowest BCUT2D eigenvalue weighted by molar-refractivity contribution is 0.497. The van der Waals surface area contributed by atoms with Crippen LogP contribution in [0.3, 0.4) is 0 Å². The van der Waals surface area contributed by atoms with Crippen LogP contribution in [0.1, 0.15) is 31.9 Å². The highest BCUT2D eigenvalue weighted by Crippen LogP contribution is 2.20. The third-order valence-corrected chi connectivity index (χ3v) is 2.15. The van der Waals surface area contributed by atoms with Crippen molar-refractivity contribution in [2.45, 2.75) is 26.2 Å². The lowest BCUT2D eigenvalue weighted by Crippen LogP contribution is -2.15. The van der Waals surface area contributed by atoms with Crippen LogP contribution < -0.4 is 5.73 Å². The van der Waals surface area contributed by atoms with Gasteiger partial charge in [-0.3, -0.25) is 4.98 Å². The maximum Gasteiger partial charge on any atom is 0.0447 e. The van der Waals surface area contributed by atoms with Gasteiger partial charge < -0.3 is 5.73 Å². The molecule has 0 fully saturated rings. The first kappa shape index (κ1) is 10.2. The Hall–Kier alpha value is -0.890. The Kier molecular flexibility index (Phi) is 3.90. The van der Waals surface area contributed by atoms with Gasteiger partial charge in [0, 0.05) is 24.4 Å².